The first-order valence-corrected chi connectivity index (χ1v) is 5.81. The number of hydrogen-bond donors (Lipinski definition) is 2. The van der Waals surface area contributed by atoms with Gasteiger partial charge in [0.1, 0.15) is 11.3 Å². The molecule has 3 rings (SSSR count). The summed E-state index contributed by atoms with van der Waals surface area (Å²) < 4.78 is 5.05. The van der Waals surface area contributed by atoms with Crippen LogP contribution in [0.2, 0.25) is 0 Å². The van der Waals surface area contributed by atoms with Crippen molar-refractivity contribution in [1.82, 2.24) is 15.0 Å². The first kappa shape index (κ1) is 11.0. The van der Waals surface area contributed by atoms with Crippen LogP contribution in [0.1, 0.15) is 5.82 Å². The fourth-order valence-electron chi connectivity index (χ4n) is 2.08. The number of benzene rings is 1. The number of nitrogens with two attached hydrogens (primary N) is 1. The van der Waals surface area contributed by atoms with Crippen LogP contribution >= 0.6 is 0 Å². The van der Waals surface area contributed by atoms with E-state index in [1.165, 1.54) is 0 Å². The molecule has 3 aromatic rings. The highest BCUT2D eigenvalue weighted by Gasteiger charge is 2.10. The third-order valence-corrected chi connectivity index (χ3v) is 2.95. The van der Waals surface area contributed by atoms with Gasteiger partial charge in [0.15, 0.2) is 5.82 Å². The molecule has 0 aliphatic carbocycles. The largest absolute Gasteiger partial charge is 0.384 e. The number of fused-ring (bicyclic) bond motifs is 3. The summed E-state index contributed by atoms with van der Waals surface area (Å²) in [5.74, 6) is 1.33. The molecule has 0 aliphatic rings. The standard InChI is InChI=1S/C13H14N4O/c1-18-7-6-10-16-11-8-4-2-3-5-9(8)15-13(14)12(11)17-10/h2-5H,6-7H2,1H3,(H2,14,15)(H,16,17). The number of imidazole rings is 1. The van der Waals surface area contributed by atoms with E-state index in [1.54, 1.807) is 7.11 Å². The van der Waals surface area contributed by atoms with Crippen LogP contribution in [0.4, 0.5) is 5.82 Å². The maximum absolute atomic E-state index is 5.94. The molecular weight excluding hydrogens is 228 g/mol. The second-order valence-electron chi connectivity index (χ2n) is 4.16. The summed E-state index contributed by atoms with van der Waals surface area (Å²) in [5, 5.41) is 1.04. The van der Waals surface area contributed by atoms with Gasteiger partial charge in [0.25, 0.3) is 0 Å². The molecule has 0 amide bonds. The van der Waals surface area contributed by atoms with Gasteiger partial charge in [-0.3, -0.25) is 0 Å². The highest BCUT2D eigenvalue weighted by atomic mass is 16.5. The highest BCUT2D eigenvalue weighted by Crippen LogP contribution is 2.25. The molecule has 0 saturated carbocycles. The zero-order valence-electron chi connectivity index (χ0n) is 10.1. The molecule has 5 nitrogen and oxygen atoms in total. The molecule has 0 unspecified atom stereocenters. The summed E-state index contributed by atoms with van der Waals surface area (Å²) in [5.41, 5.74) is 8.50. The van der Waals surface area contributed by atoms with Crippen LogP contribution in [-0.4, -0.2) is 28.7 Å². The molecule has 0 saturated heterocycles. The van der Waals surface area contributed by atoms with Crippen molar-refractivity contribution < 1.29 is 4.74 Å². The zero-order chi connectivity index (χ0) is 12.5. The van der Waals surface area contributed by atoms with Gasteiger partial charge in [-0.2, -0.15) is 0 Å². The van der Waals surface area contributed by atoms with Crippen LogP contribution in [0.25, 0.3) is 21.9 Å². The van der Waals surface area contributed by atoms with Gasteiger partial charge < -0.3 is 15.5 Å². The summed E-state index contributed by atoms with van der Waals surface area (Å²) in [6.07, 6.45) is 0.735. The van der Waals surface area contributed by atoms with Crippen molar-refractivity contribution in [3.63, 3.8) is 0 Å². The van der Waals surface area contributed by atoms with Crippen LogP contribution in [0, 0.1) is 0 Å². The van der Waals surface area contributed by atoms with E-state index in [1.807, 2.05) is 24.3 Å². The average Bonchev–Trinajstić information content (AvgIpc) is 2.81. The van der Waals surface area contributed by atoms with Crippen LogP contribution in [-0.2, 0) is 11.2 Å². The second-order valence-corrected chi connectivity index (χ2v) is 4.16. The smallest absolute Gasteiger partial charge is 0.152 e. The number of nitrogen functional groups attached to an aromatic ring is 1. The third kappa shape index (κ3) is 1.69. The number of nitrogens with one attached hydrogen (secondary N) is 1. The van der Waals surface area contributed by atoms with Gasteiger partial charge in [0, 0.05) is 18.9 Å². The van der Waals surface area contributed by atoms with E-state index in [9.17, 15) is 0 Å². The summed E-state index contributed by atoms with van der Waals surface area (Å²) in [6, 6.07) is 7.89. The maximum Gasteiger partial charge on any atom is 0.152 e. The number of hydrogen-bond acceptors (Lipinski definition) is 4. The SMILES string of the molecule is COCCc1nc2c(N)nc3ccccc3c2[nH]1. The Labute approximate surface area is 104 Å². The molecule has 1 aromatic carbocycles. The fourth-order valence-corrected chi connectivity index (χ4v) is 2.08. The Hall–Kier alpha value is -2.14. The normalized spacial score (nSPS) is 11.4. The Morgan fingerprint density at radius 3 is 2.94 bits per heavy atom. The Balaban J connectivity index is 2.24. The molecule has 92 valence electrons. The van der Waals surface area contributed by atoms with E-state index >= 15 is 0 Å². The molecule has 0 spiro atoms. The van der Waals surface area contributed by atoms with Gasteiger partial charge >= 0.3 is 0 Å². The van der Waals surface area contributed by atoms with Gasteiger partial charge in [-0.05, 0) is 6.07 Å². The molecular formula is C13H14N4O. The summed E-state index contributed by atoms with van der Waals surface area (Å²) >= 11 is 0. The Morgan fingerprint density at radius 2 is 2.11 bits per heavy atom. The van der Waals surface area contributed by atoms with Crippen molar-refractivity contribution in [2.75, 3.05) is 19.5 Å². The lowest BCUT2D eigenvalue weighted by Gasteiger charge is -2.00. The Morgan fingerprint density at radius 1 is 1.28 bits per heavy atom. The number of ether oxygens (including phenoxy) is 1. The van der Waals surface area contributed by atoms with E-state index in [0.29, 0.717) is 12.4 Å². The molecule has 2 heterocycles. The maximum atomic E-state index is 5.94. The summed E-state index contributed by atoms with van der Waals surface area (Å²) in [6.45, 7) is 0.630. The fraction of sp³-hybridized carbons (Fsp3) is 0.231. The van der Waals surface area contributed by atoms with Gasteiger partial charge in [-0.15, -0.1) is 0 Å². The lowest BCUT2D eigenvalue weighted by Crippen LogP contribution is -1.96. The van der Waals surface area contributed by atoms with Gasteiger partial charge in [0.05, 0.1) is 17.6 Å². The highest BCUT2D eigenvalue weighted by molar-refractivity contribution is 6.05. The topological polar surface area (TPSA) is 76.8 Å². The van der Waals surface area contributed by atoms with Crippen LogP contribution in [0.3, 0.4) is 0 Å². The van der Waals surface area contributed by atoms with Crippen LogP contribution in [0.15, 0.2) is 24.3 Å². The van der Waals surface area contributed by atoms with E-state index in [4.69, 9.17) is 10.5 Å². The molecule has 0 fully saturated rings. The number of anilines is 1. The van der Waals surface area contributed by atoms with Crippen molar-refractivity contribution in [3.8, 4) is 0 Å². The molecule has 3 N–H and O–H groups in total. The third-order valence-electron chi connectivity index (χ3n) is 2.95. The van der Waals surface area contributed by atoms with Crippen LogP contribution in [0.5, 0.6) is 0 Å². The monoisotopic (exact) mass is 242 g/mol. The lowest BCUT2D eigenvalue weighted by molar-refractivity contribution is 0.201. The number of aromatic nitrogens is 3. The van der Waals surface area contributed by atoms with Crippen molar-refractivity contribution in [3.05, 3.63) is 30.1 Å². The number of H-pyrrole nitrogens is 1. The van der Waals surface area contributed by atoms with Crippen molar-refractivity contribution in [2.24, 2.45) is 0 Å². The quantitative estimate of drug-likeness (QED) is 0.735. The predicted molar refractivity (Wildman–Crippen MR) is 71.4 cm³/mol. The molecule has 2 aromatic heterocycles. The van der Waals surface area contributed by atoms with Gasteiger partial charge in [-0.25, -0.2) is 9.97 Å². The van der Waals surface area contributed by atoms with E-state index in [2.05, 4.69) is 15.0 Å². The van der Waals surface area contributed by atoms with Crippen LogP contribution < -0.4 is 5.73 Å². The number of pyridine rings is 1. The average molecular weight is 242 g/mol. The molecule has 0 atom stereocenters. The number of aromatic amines is 1. The molecule has 5 heteroatoms. The predicted octanol–water partition coefficient (Wildman–Crippen LogP) is 1.88. The zero-order valence-corrected chi connectivity index (χ0v) is 10.1. The number of rotatable bonds is 3. The van der Waals surface area contributed by atoms with Crippen molar-refractivity contribution in [2.45, 2.75) is 6.42 Å². The first-order chi connectivity index (χ1) is 8.79. The van der Waals surface area contributed by atoms with Gasteiger partial charge in [-0.1, -0.05) is 18.2 Å². The van der Waals surface area contributed by atoms with E-state index in [-0.39, 0.29) is 0 Å². The molecule has 0 radical (unpaired) electrons. The van der Waals surface area contributed by atoms with E-state index < -0.39 is 0 Å². The molecule has 18 heavy (non-hydrogen) atoms. The summed E-state index contributed by atoms with van der Waals surface area (Å²) in [7, 11) is 1.67. The number of nitrogens with zero attached hydrogens (tertiary/aromatic N) is 2. The summed E-state index contributed by atoms with van der Waals surface area (Å²) in [4.78, 5) is 12.1. The minimum absolute atomic E-state index is 0.462. The second kappa shape index (κ2) is 4.27. The van der Waals surface area contributed by atoms with Crippen molar-refractivity contribution >= 4 is 27.8 Å². The van der Waals surface area contributed by atoms with Gasteiger partial charge in [0.2, 0.25) is 0 Å². The molecule has 0 bridgehead atoms. The number of para-hydroxylation sites is 1. The minimum atomic E-state index is 0.462. The van der Waals surface area contributed by atoms with Crippen molar-refractivity contribution in [1.29, 1.82) is 0 Å². The van der Waals surface area contributed by atoms with E-state index in [0.717, 1.165) is 34.2 Å². The molecule has 0 aliphatic heterocycles. The first-order valence-electron chi connectivity index (χ1n) is 5.81. The minimum Gasteiger partial charge on any atom is -0.384 e. The Kier molecular flexibility index (Phi) is 2.60. The Bertz CT molecular complexity index is 705. The number of methoxy groups -OCH3 is 1. The lowest BCUT2D eigenvalue weighted by atomic mass is 10.2.